The highest BCUT2D eigenvalue weighted by Gasteiger charge is 2.19. The SMILES string of the molecule is CCNc1nc(CSC(C)(C)C)nc2c1COCC2. The third-order valence-electron chi connectivity index (χ3n) is 2.85. The van der Waals surface area contributed by atoms with Gasteiger partial charge in [0.1, 0.15) is 11.6 Å². The highest BCUT2D eigenvalue weighted by molar-refractivity contribution is 7.99. The Morgan fingerprint density at radius 2 is 2.11 bits per heavy atom. The fourth-order valence-electron chi connectivity index (χ4n) is 1.94. The summed E-state index contributed by atoms with van der Waals surface area (Å²) in [5, 5.41) is 3.33. The average Bonchev–Trinajstić information content (AvgIpc) is 2.36. The van der Waals surface area contributed by atoms with Crippen LogP contribution in [-0.4, -0.2) is 27.9 Å². The molecule has 2 rings (SSSR count). The van der Waals surface area contributed by atoms with E-state index < -0.39 is 0 Å². The molecule has 1 aromatic heterocycles. The Morgan fingerprint density at radius 1 is 1.32 bits per heavy atom. The van der Waals surface area contributed by atoms with E-state index in [0.29, 0.717) is 6.61 Å². The van der Waals surface area contributed by atoms with Gasteiger partial charge in [-0.3, -0.25) is 0 Å². The Kier molecular flexibility index (Phi) is 4.68. The molecule has 0 atom stereocenters. The molecule has 0 saturated carbocycles. The zero-order valence-electron chi connectivity index (χ0n) is 12.2. The van der Waals surface area contributed by atoms with Crippen molar-refractivity contribution in [2.45, 2.75) is 51.2 Å². The second-order valence-corrected chi connectivity index (χ2v) is 7.45. The van der Waals surface area contributed by atoms with Gasteiger partial charge in [0, 0.05) is 23.3 Å². The molecule has 106 valence electrons. The first-order valence-corrected chi connectivity index (χ1v) is 7.82. The molecular formula is C14H23N3OS. The van der Waals surface area contributed by atoms with Crippen molar-refractivity contribution in [3.8, 4) is 0 Å². The van der Waals surface area contributed by atoms with Gasteiger partial charge in [-0.15, -0.1) is 11.8 Å². The van der Waals surface area contributed by atoms with Gasteiger partial charge in [0.25, 0.3) is 0 Å². The summed E-state index contributed by atoms with van der Waals surface area (Å²) in [4.78, 5) is 9.36. The minimum absolute atomic E-state index is 0.237. The van der Waals surface area contributed by atoms with Crippen LogP contribution in [0.15, 0.2) is 0 Å². The fraction of sp³-hybridized carbons (Fsp3) is 0.714. The predicted octanol–water partition coefficient (Wildman–Crippen LogP) is 3.01. The number of fused-ring (bicyclic) bond motifs is 1. The number of nitrogens with zero attached hydrogens (tertiary/aromatic N) is 2. The van der Waals surface area contributed by atoms with Crippen LogP contribution in [0.4, 0.5) is 5.82 Å². The molecule has 0 unspecified atom stereocenters. The minimum atomic E-state index is 0.237. The maximum absolute atomic E-state index is 5.51. The minimum Gasteiger partial charge on any atom is -0.376 e. The lowest BCUT2D eigenvalue weighted by Gasteiger charge is -2.21. The van der Waals surface area contributed by atoms with Crippen LogP contribution in [0.1, 0.15) is 44.8 Å². The van der Waals surface area contributed by atoms with Gasteiger partial charge in [0.15, 0.2) is 0 Å². The summed E-state index contributed by atoms with van der Waals surface area (Å²) in [5.74, 6) is 2.74. The normalized spacial score (nSPS) is 15.2. The van der Waals surface area contributed by atoms with Crippen molar-refractivity contribution < 1.29 is 4.74 Å². The number of hydrogen-bond donors (Lipinski definition) is 1. The first kappa shape index (κ1) is 14.6. The van der Waals surface area contributed by atoms with Gasteiger partial charge in [-0.25, -0.2) is 9.97 Å². The second-order valence-electron chi connectivity index (χ2n) is 5.65. The van der Waals surface area contributed by atoms with Crippen LogP contribution in [0.2, 0.25) is 0 Å². The fourth-order valence-corrected chi connectivity index (χ4v) is 2.63. The zero-order chi connectivity index (χ0) is 13.9. The van der Waals surface area contributed by atoms with E-state index in [1.165, 1.54) is 0 Å². The van der Waals surface area contributed by atoms with Crippen molar-refractivity contribution in [3.63, 3.8) is 0 Å². The molecule has 0 fully saturated rings. The van der Waals surface area contributed by atoms with Crippen molar-refractivity contribution in [1.82, 2.24) is 9.97 Å². The third kappa shape index (κ3) is 4.08. The molecule has 0 radical (unpaired) electrons. The van der Waals surface area contributed by atoms with Gasteiger partial charge in [-0.2, -0.15) is 0 Å². The molecule has 4 nitrogen and oxygen atoms in total. The number of nitrogens with one attached hydrogen (secondary N) is 1. The van der Waals surface area contributed by atoms with Crippen LogP contribution in [0.3, 0.4) is 0 Å². The molecule has 2 heterocycles. The first-order chi connectivity index (χ1) is 8.99. The number of anilines is 1. The Labute approximate surface area is 119 Å². The topological polar surface area (TPSA) is 47.0 Å². The van der Waals surface area contributed by atoms with Crippen molar-refractivity contribution in [2.24, 2.45) is 0 Å². The van der Waals surface area contributed by atoms with Gasteiger partial charge >= 0.3 is 0 Å². The lowest BCUT2D eigenvalue weighted by Crippen LogP contribution is -2.18. The molecule has 1 N–H and O–H groups in total. The smallest absolute Gasteiger partial charge is 0.140 e. The quantitative estimate of drug-likeness (QED) is 0.919. The maximum Gasteiger partial charge on any atom is 0.140 e. The Hall–Kier alpha value is -0.810. The predicted molar refractivity (Wildman–Crippen MR) is 80.6 cm³/mol. The van der Waals surface area contributed by atoms with Crippen LogP contribution >= 0.6 is 11.8 Å². The lowest BCUT2D eigenvalue weighted by atomic mass is 10.1. The molecule has 0 saturated heterocycles. The summed E-state index contributed by atoms with van der Waals surface area (Å²) in [5.41, 5.74) is 2.29. The lowest BCUT2D eigenvalue weighted by molar-refractivity contribution is 0.109. The summed E-state index contributed by atoms with van der Waals surface area (Å²) in [6.07, 6.45) is 0.892. The van der Waals surface area contributed by atoms with E-state index in [9.17, 15) is 0 Å². The van der Waals surface area contributed by atoms with Crippen molar-refractivity contribution in [2.75, 3.05) is 18.5 Å². The van der Waals surface area contributed by atoms with Gasteiger partial charge in [0.2, 0.25) is 0 Å². The van der Waals surface area contributed by atoms with Crippen LogP contribution < -0.4 is 5.32 Å². The Morgan fingerprint density at radius 3 is 2.79 bits per heavy atom. The number of thioether (sulfide) groups is 1. The van der Waals surface area contributed by atoms with Crippen LogP contribution in [0.5, 0.6) is 0 Å². The van der Waals surface area contributed by atoms with Crippen molar-refractivity contribution in [1.29, 1.82) is 0 Å². The summed E-state index contributed by atoms with van der Waals surface area (Å²) in [6.45, 7) is 11.0. The largest absolute Gasteiger partial charge is 0.376 e. The Bertz CT molecular complexity index is 443. The van der Waals surface area contributed by atoms with E-state index in [-0.39, 0.29) is 4.75 Å². The average molecular weight is 281 g/mol. The summed E-state index contributed by atoms with van der Waals surface area (Å²) >= 11 is 1.88. The molecule has 0 bridgehead atoms. The second kappa shape index (κ2) is 6.09. The Balaban J connectivity index is 2.22. The van der Waals surface area contributed by atoms with E-state index >= 15 is 0 Å². The van der Waals surface area contributed by atoms with E-state index in [1.807, 2.05) is 11.8 Å². The van der Waals surface area contributed by atoms with Crippen molar-refractivity contribution >= 4 is 17.6 Å². The van der Waals surface area contributed by atoms with Gasteiger partial charge < -0.3 is 10.1 Å². The van der Waals surface area contributed by atoms with Gasteiger partial charge in [0.05, 0.1) is 24.7 Å². The van der Waals surface area contributed by atoms with Crippen molar-refractivity contribution in [3.05, 3.63) is 17.1 Å². The standard InChI is InChI=1S/C14H23N3OS/c1-5-15-13-10-8-18-7-6-11(10)16-12(17-13)9-19-14(2,3)4/h5-9H2,1-4H3,(H,15,16,17). The van der Waals surface area contributed by atoms with Crippen LogP contribution in [0, 0.1) is 0 Å². The molecule has 19 heavy (non-hydrogen) atoms. The maximum atomic E-state index is 5.51. The number of hydrogen-bond acceptors (Lipinski definition) is 5. The summed E-state index contributed by atoms with van der Waals surface area (Å²) < 4.78 is 5.75. The van der Waals surface area contributed by atoms with E-state index in [4.69, 9.17) is 9.72 Å². The van der Waals surface area contributed by atoms with E-state index in [0.717, 1.165) is 48.2 Å². The number of rotatable bonds is 4. The highest BCUT2D eigenvalue weighted by Crippen LogP contribution is 2.28. The molecule has 0 spiro atoms. The molecule has 0 aromatic carbocycles. The zero-order valence-corrected chi connectivity index (χ0v) is 13.1. The highest BCUT2D eigenvalue weighted by atomic mass is 32.2. The first-order valence-electron chi connectivity index (χ1n) is 6.84. The van der Waals surface area contributed by atoms with Gasteiger partial charge in [-0.05, 0) is 6.92 Å². The number of ether oxygens (including phenoxy) is 1. The number of aromatic nitrogens is 2. The molecule has 0 amide bonds. The molecule has 0 aliphatic carbocycles. The third-order valence-corrected chi connectivity index (χ3v) is 4.12. The summed E-state index contributed by atoms with van der Waals surface area (Å²) in [6, 6.07) is 0. The van der Waals surface area contributed by atoms with Crippen LogP contribution in [0.25, 0.3) is 0 Å². The molecule has 1 aliphatic heterocycles. The molecule has 5 heteroatoms. The monoisotopic (exact) mass is 281 g/mol. The van der Waals surface area contributed by atoms with E-state index in [2.05, 4.69) is 38.0 Å². The molecule has 1 aromatic rings. The van der Waals surface area contributed by atoms with Gasteiger partial charge in [-0.1, -0.05) is 20.8 Å². The molecule has 1 aliphatic rings. The molecular weight excluding hydrogens is 258 g/mol. The van der Waals surface area contributed by atoms with Crippen LogP contribution in [-0.2, 0) is 23.5 Å². The summed E-state index contributed by atoms with van der Waals surface area (Å²) in [7, 11) is 0. The van der Waals surface area contributed by atoms with E-state index in [1.54, 1.807) is 0 Å².